The molecule has 2 N–H and O–H groups in total. The molecule has 0 radical (unpaired) electrons. The molecule has 0 aliphatic heterocycles. The zero-order chi connectivity index (χ0) is 12.5. The van der Waals surface area contributed by atoms with Gasteiger partial charge in [0.15, 0.2) is 0 Å². The standard InChI is InChI=1S/C12H19N3O2/c1-3-13-11-6-5-10(9-15-11)12(16)14-7-4-8-17-2/h5-6,9H,3-4,7-8H2,1-2H3,(H,13,15)(H,14,16). The van der Waals surface area contributed by atoms with Gasteiger partial charge < -0.3 is 15.4 Å². The van der Waals surface area contributed by atoms with Crippen LogP contribution in [-0.2, 0) is 4.74 Å². The smallest absolute Gasteiger partial charge is 0.252 e. The van der Waals surface area contributed by atoms with E-state index in [2.05, 4.69) is 15.6 Å². The van der Waals surface area contributed by atoms with Crippen LogP contribution >= 0.6 is 0 Å². The second-order valence-electron chi connectivity index (χ2n) is 3.56. The first-order valence-electron chi connectivity index (χ1n) is 5.75. The summed E-state index contributed by atoms with van der Waals surface area (Å²) in [4.78, 5) is 15.8. The van der Waals surface area contributed by atoms with Gasteiger partial charge in [-0.15, -0.1) is 0 Å². The number of carbonyl (C=O) groups is 1. The van der Waals surface area contributed by atoms with E-state index in [-0.39, 0.29) is 5.91 Å². The van der Waals surface area contributed by atoms with Crippen LogP contribution in [0, 0.1) is 0 Å². The summed E-state index contributed by atoms with van der Waals surface area (Å²) >= 11 is 0. The molecule has 0 atom stereocenters. The number of rotatable bonds is 7. The molecule has 0 aromatic carbocycles. The van der Waals surface area contributed by atoms with Crippen LogP contribution in [0.1, 0.15) is 23.7 Å². The van der Waals surface area contributed by atoms with Crippen molar-refractivity contribution >= 4 is 11.7 Å². The summed E-state index contributed by atoms with van der Waals surface area (Å²) in [5, 5.41) is 5.88. The molecular formula is C12H19N3O2. The molecule has 0 aliphatic carbocycles. The van der Waals surface area contributed by atoms with Crippen molar-refractivity contribution in [3.8, 4) is 0 Å². The van der Waals surface area contributed by atoms with Gasteiger partial charge in [-0.1, -0.05) is 0 Å². The van der Waals surface area contributed by atoms with Crippen LogP contribution in [0.3, 0.4) is 0 Å². The summed E-state index contributed by atoms with van der Waals surface area (Å²) in [5.74, 6) is 0.681. The van der Waals surface area contributed by atoms with Crippen LogP contribution in [-0.4, -0.2) is 37.7 Å². The molecule has 0 spiro atoms. The summed E-state index contributed by atoms with van der Waals surface area (Å²) in [5.41, 5.74) is 0.573. The number of hydrogen-bond donors (Lipinski definition) is 2. The third kappa shape index (κ3) is 4.82. The fourth-order valence-electron chi connectivity index (χ4n) is 1.33. The van der Waals surface area contributed by atoms with Crippen LogP contribution in [0.25, 0.3) is 0 Å². The van der Waals surface area contributed by atoms with Crippen LogP contribution in [0.2, 0.25) is 0 Å². The Morgan fingerprint density at radius 3 is 2.88 bits per heavy atom. The maximum atomic E-state index is 11.7. The Hall–Kier alpha value is -1.62. The van der Waals surface area contributed by atoms with Gasteiger partial charge in [-0.2, -0.15) is 0 Å². The van der Waals surface area contributed by atoms with Gasteiger partial charge >= 0.3 is 0 Å². The summed E-state index contributed by atoms with van der Waals surface area (Å²) in [6.07, 6.45) is 2.38. The fourth-order valence-corrected chi connectivity index (χ4v) is 1.33. The van der Waals surface area contributed by atoms with E-state index in [1.54, 1.807) is 25.4 Å². The molecule has 0 saturated carbocycles. The highest BCUT2D eigenvalue weighted by Crippen LogP contribution is 2.04. The van der Waals surface area contributed by atoms with Crippen molar-refractivity contribution in [2.45, 2.75) is 13.3 Å². The first-order chi connectivity index (χ1) is 8.27. The molecule has 0 unspecified atom stereocenters. The quantitative estimate of drug-likeness (QED) is 0.701. The Balaban J connectivity index is 2.40. The fraction of sp³-hybridized carbons (Fsp3) is 0.500. The van der Waals surface area contributed by atoms with Crippen molar-refractivity contribution < 1.29 is 9.53 Å². The lowest BCUT2D eigenvalue weighted by Crippen LogP contribution is -2.25. The number of anilines is 1. The Labute approximate surface area is 102 Å². The van der Waals surface area contributed by atoms with E-state index in [0.29, 0.717) is 18.7 Å². The van der Waals surface area contributed by atoms with E-state index in [4.69, 9.17) is 4.74 Å². The van der Waals surface area contributed by atoms with Crippen molar-refractivity contribution in [3.63, 3.8) is 0 Å². The molecule has 1 aromatic rings. The molecule has 5 heteroatoms. The number of nitrogens with one attached hydrogen (secondary N) is 2. The maximum absolute atomic E-state index is 11.7. The Kier molecular flexibility index (Phi) is 6.03. The zero-order valence-electron chi connectivity index (χ0n) is 10.3. The van der Waals surface area contributed by atoms with Crippen LogP contribution in [0.5, 0.6) is 0 Å². The number of amides is 1. The Morgan fingerprint density at radius 2 is 2.29 bits per heavy atom. The lowest BCUT2D eigenvalue weighted by Gasteiger charge is -2.06. The second-order valence-corrected chi connectivity index (χ2v) is 3.56. The average molecular weight is 237 g/mol. The van der Waals surface area contributed by atoms with Gasteiger partial charge in [0.1, 0.15) is 5.82 Å². The molecular weight excluding hydrogens is 218 g/mol. The molecule has 0 saturated heterocycles. The monoisotopic (exact) mass is 237 g/mol. The van der Waals surface area contributed by atoms with E-state index in [1.165, 1.54) is 0 Å². The summed E-state index contributed by atoms with van der Waals surface area (Å²) in [7, 11) is 1.64. The largest absolute Gasteiger partial charge is 0.385 e. The van der Waals surface area contributed by atoms with Gasteiger partial charge in [-0.05, 0) is 25.5 Å². The van der Waals surface area contributed by atoms with E-state index in [1.807, 2.05) is 6.92 Å². The summed E-state index contributed by atoms with van der Waals surface area (Å²) < 4.78 is 4.90. The van der Waals surface area contributed by atoms with Crippen LogP contribution < -0.4 is 10.6 Å². The highest BCUT2D eigenvalue weighted by molar-refractivity contribution is 5.93. The number of pyridine rings is 1. The molecule has 1 amide bonds. The third-order valence-corrected chi connectivity index (χ3v) is 2.19. The van der Waals surface area contributed by atoms with Crippen LogP contribution in [0.15, 0.2) is 18.3 Å². The Morgan fingerprint density at radius 1 is 1.47 bits per heavy atom. The zero-order valence-corrected chi connectivity index (χ0v) is 10.3. The predicted octanol–water partition coefficient (Wildman–Crippen LogP) is 1.28. The average Bonchev–Trinajstić information content (AvgIpc) is 2.36. The SMILES string of the molecule is CCNc1ccc(C(=O)NCCCOC)cn1. The first kappa shape index (κ1) is 13.4. The first-order valence-corrected chi connectivity index (χ1v) is 5.75. The topological polar surface area (TPSA) is 63.2 Å². The lowest BCUT2D eigenvalue weighted by molar-refractivity contribution is 0.0948. The minimum absolute atomic E-state index is 0.100. The molecule has 1 aromatic heterocycles. The molecule has 1 rings (SSSR count). The summed E-state index contributed by atoms with van der Waals surface area (Å²) in [6.45, 7) is 4.08. The van der Waals surface area contributed by atoms with E-state index >= 15 is 0 Å². The molecule has 1 heterocycles. The number of nitrogens with zero attached hydrogens (tertiary/aromatic N) is 1. The molecule has 17 heavy (non-hydrogen) atoms. The van der Waals surface area contributed by atoms with Crippen molar-refractivity contribution in [1.82, 2.24) is 10.3 Å². The number of ether oxygens (including phenoxy) is 1. The number of aromatic nitrogens is 1. The highest BCUT2D eigenvalue weighted by atomic mass is 16.5. The van der Waals surface area contributed by atoms with Gasteiger partial charge in [0.25, 0.3) is 5.91 Å². The number of hydrogen-bond acceptors (Lipinski definition) is 4. The second kappa shape index (κ2) is 7.62. The maximum Gasteiger partial charge on any atom is 0.252 e. The molecule has 5 nitrogen and oxygen atoms in total. The van der Waals surface area contributed by atoms with Crippen molar-refractivity contribution in [3.05, 3.63) is 23.9 Å². The predicted molar refractivity (Wildman–Crippen MR) is 67.2 cm³/mol. The third-order valence-electron chi connectivity index (χ3n) is 2.19. The minimum atomic E-state index is -0.100. The van der Waals surface area contributed by atoms with Gasteiger partial charge in [0.2, 0.25) is 0 Å². The molecule has 0 aliphatic rings. The lowest BCUT2D eigenvalue weighted by atomic mass is 10.2. The number of carbonyl (C=O) groups excluding carboxylic acids is 1. The molecule has 0 fully saturated rings. The summed E-state index contributed by atoms with van der Waals surface area (Å²) in [6, 6.07) is 3.56. The van der Waals surface area contributed by atoms with Gasteiger partial charge in [0, 0.05) is 33.0 Å². The van der Waals surface area contributed by atoms with Gasteiger partial charge in [-0.3, -0.25) is 4.79 Å². The number of methoxy groups -OCH3 is 1. The highest BCUT2D eigenvalue weighted by Gasteiger charge is 2.04. The van der Waals surface area contributed by atoms with E-state index in [9.17, 15) is 4.79 Å². The van der Waals surface area contributed by atoms with E-state index in [0.717, 1.165) is 18.8 Å². The van der Waals surface area contributed by atoms with Crippen molar-refractivity contribution in [2.24, 2.45) is 0 Å². The van der Waals surface area contributed by atoms with Gasteiger partial charge in [-0.25, -0.2) is 4.98 Å². The van der Waals surface area contributed by atoms with Crippen molar-refractivity contribution in [1.29, 1.82) is 0 Å². The van der Waals surface area contributed by atoms with Crippen molar-refractivity contribution in [2.75, 3.05) is 32.1 Å². The minimum Gasteiger partial charge on any atom is -0.385 e. The van der Waals surface area contributed by atoms with Gasteiger partial charge in [0.05, 0.1) is 5.56 Å². The van der Waals surface area contributed by atoms with Crippen LogP contribution in [0.4, 0.5) is 5.82 Å². The Bertz CT molecular complexity index is 338. The molecule has 0 bridgehead atoms. The van der Waals surface area contributed by atoms with E-state index < -0.39 is 0 Å². The molecule has 94 valence electrons. The normalized spacial score (nSPS) is 10.0.